The smallest absolute Gasteiger partial charge is 0.267 e. The van der Waals surface area contributed by atoms with Gasteiger partial charge in [-0.3, -0.25) is 9.52 Å². The van der Waals surface area contributed by atoms with E-state index in [-0.39, 0.29) is 26.7 Å². The molecule has 6 nitrogen and oxygen atoms in total. The van der Waals surface area contributed by atoms with Crippen LogP contribution in [0, 0.1) is 18.6 Å². The van der Waals surface area contributed by atoms with Gasteiger partial charge in [-0.25, -0.2) is 22.2 Å². The molecule has 0 aliphatic carbocycles. The molecule has 1 aromatic heterocycles. The lowest BCUT2D eigenvalue weighted by molar-refractivity contribution is 0.103. The highest BCUT2D eigenvalue weighted by Crippen LogP contribution is 2.29. The Bertz CT molecular complexity index is 1450. The number of para-hydroxylation sites is 1. The van der Waals surface area contributed by atoms with Crippen LogP contribution in [0.2, 0.25) is 0 Å². The SMILES string of the molecule is Cc1ccc(NC(=O)c2cnc(-c3ccccc3F)s2)cc1S(=O)(=O)Nc1ccccc1F. The van der Waals surface area contributed by atoms with E-state index in [1.165, 1.54) is 42.6 Å². The molecular formula is C23H17F2N3O3S2. The predicted molar refractivity (Wildman–Crippen MR) is 124 cm³/mol. The van der Waals surface area contributed by atoms with Crippen LogP contribution >= 0.6 is 11.3 Å². The number of aromatic nitrogens is 1. The summed E-state index contributed by atoms with van der Waals surface area (Å²) in [6.45, 7) is 1.59. The fourth-order valence-corrected chi connectivity index (χ4v) is 5.22. The molecule has 0 bridgehead atoms. The third-order valence-corrected chi connectivity index (χ3v) is 7.22. The molecule has 0 radical (unpaired) electrons. The number of hydrogen-bond donors (Lipinski definition) is 2. The average molecular weight is 486 g/mol. The highest BCUT2D eigenvalue weighted by atomic mass is 32.2. The maximum atomic E-state index is 14.0. The number of carbonyl (C=O) groups is 1. The highest BCUT2D eigenvalue weighted by molar-refractivity contribution is 7.92. The molecule has 0 fully saturated rings. The minimum atomic E-state index is -4.12. The first-order valence-corrected chi connectivity index (χ1v) is 11.9. The van der Waals surface area contributed by atoms with Gasteiger partial charge in [-0.1, -0.05) is 30.3 Å². The molecule has 33 heavy (non-hydrogen) atoms. The van der Waals surface area contributed by atoms with Crippen LogP contribution in [-0.2, 0) is 10.0 Å². The Morgan fingerprint density at radius 3 is 2.39 bits per heavy atom. The zero-order valence-corrected chi connectivity index (χ0v) is 18.8. The third-order valence-electron chi connectivity index (χ3n) is 4.69. The van der Waals surface area contributed by atoms with Crippen molar-refractivity contribution in [1.29, 1.82) is 0 Å². The molecule has 3 aromatic carbocycles. The Hall–Kier alpha value is -3.63. The van der Waals surface area contributed by atoms with Crippen molar-refractivity contribution in [3.63, 3.8) is 0 Å². The number of nitrogens with one attached hydrogen (secondary N) is 2. The molecule has 0 aliphatic rings. The van der Waals surface area contributed by atoms with Crippen molar-refractivity contribution >= 4 is 38.6 Å². The van der Waals surface area contributed by atoms with Crippen molar-refractivity contribution in [2.24, 2.45) is 0 Å². The number of sulfonamides is 1. The summed E-state index contributed by atoms with van der Waals surface area (Å²) in [5.74, 6) is -1.68. The second-order valence-corrected chi connectivity index (χ2v) is 9.71. The maximum absolute atomic E-state index is 14.0. The minimum absolute atomic E-state index is 0.111. The first kappa shape index (κ1) is 22.6. The van der Waals surface area contributed by atoms with Crippen LogP contribution in [0.4, 0.5) is 20.2 Å². The summed E-state index contributed by atoms with van der Waals surface area (Å²) in [6.07, 6.45) is 1.33. The number of anilines is 2. The van der Waals surface area contributed by atoms with Gasteiger partial charge in [0.15, 0.2) is 0 Å². The summed E-state index contributed by atoms with van der Waals surface area (Å²) in [4.78, 5) is 16.9. The van der Waals surface area contributed by atoms with Crippen molar-refractivity contribution in [1.82, 2.24) is 4.98 Å². The predicted octanol–water partition coefficient (Wildman–Crippen LogP) is 5.45. The largest absolute Gasteiger partial charge is 0.321 e. The van der Waals surface area contributed by atoms with E-state index < -0.39 is 27.6 Å². The van der Waals surface area contributed by atoms with Crippen molar-refractivity contribution in [2.45, 2.75) is 11.8 Å². The van der Waals surface area contributed by atoms with Crippen molar-refractivity contribution in [3.05, 3.63) is 95.0 Å². The molecule has 0 saturated carbocycles. The topological polar surface area (TPSA) is 88.2 Å². The average Bonchev–Trinajstić information content (AvgIpc) is 3.27. The second kappa shape index (κ2) is 9.08. The quantitative estimate of drug-likeness (QED) is 0.380. The van der Waals surface area contributed by atoms with Gasteiger partial charge in [-0.15, -0.1) is 11.3 Å². The first-order valence-electron chi connectivity index (χ1n) is 9.65. The Labute approximate surface area is 193 Å². The lowest BCUT2D eigenvalue weighted by atomic mass is 10.2. The Balaban J connectivity index is 1.57. The minimum Gasteiger partial charge on any atom is -0.321 e. The van der Waals surface area contributed by atoms with Crippen LogP contribution in [0.5, 0.6) is 0 Å². The third kappa shape index (κ3) is 4.91. The molecule has 0 aliphatic heterocycles. The Morgan fingerprint density at radius 1 is 0.970 bits per heavy atom. The van der Waals surface area contributed by atoms with Gasteiger partial charge < -0.3 is 5.32 Å². The molecule has 1 heterocycles. The Morgan fingerprint density at radius 2 is 1.67 bits per heavy atom. The number of nitrogens with zero attached hydrogens (tertiary/aromatic N) is 1. The van der Waals surface area contributed by atoms with E-state index in [1.807, 2.05) is 0 Å². The first-order chi connectivity index (χ1) is 15.7. The number of carbonyl (C=O) groups excluding carboxylic acids is 1. The van der Waals surface area contributed by atoms with Crippen molar-refractivity contribution in [2.75, 3.05) is 10.0 Å². The molecule has 10 heteroatoms. The van der Waals surface area contributed by atoms with Crippen molar-refractivity contribution in [3.8, 4) is 10.6 Å². The van der Waals surface area contributed by atoms with Crippen molar-refractivity contribution < 1.29 is 22.0 Å². The van der Waals surface area contributed by atoms with Gasteiger partial charge in [0.2, 0.25) is 0 Å². The molecule has 4 aromatic rings. The van der Waals surface area contributed by atoms with Crippen LogP contribution in [0.25, 0.3) is 10.6 Å². The number of benzene rings is 3. The number of rotatable bonds is 6. The molecule has 4 rings (SSSR count). The van der Waals surface area contributed by atoms with E-state index in [2.05, 4.69) is 15.0 Å². The van der Waals surface area contributed by atoms with Crippen LogP contribution < -0.4 is 10.0 Å². The standard InChI is InChI=1S/C23H17F2N3O3S2/c1-14-10-11-15(12-21(14)33(30,31)28-19-9-5-4-8-18(19)25)27-22(29)20-13-26-23(32-20)16-6-2-3-7-17(16)24/h2-13,28H,1H3,(H,27,29). The monoisotopic (exact) mass is 485 g/mol. The summed E-state index contributed by atoms with van der Waals surface area (Å²) in [5, 5.41) is 2.97. The van der Waals surface area contributed by atoms with E-state index >= 15 is 0 Å². The van der Waals surface area contributed by atoms with Gasteiger partial charge in [0, 0.05) is 11.3 Å². The van der Waals surface area contributed by atoms with Gasteiger partial charge in [0.05, 0.1) is 16.8 Å². The number of hydrogen-bond acceptors (Lipinski definition) is 5. The number of thiazole rings is 1. The maximum Gasteiger partial charge on any atom is 0.267 e. The van der Waals surface area contributed by atoms with Gasteiger partial charge >= 0.3 is 0 Å². The Kier molecular flexibility index (Phi) is 6.21. The van der Waals surface area contributed by atoms with E-state index in [9.17, 15) is 22.0 Å². The van der Waals surface area contributed by atoms with Crippen LogP contribution in [0.3, 0.4) is 0 Å². The molecule has 0 atom stereocenters. The summed E-state index contributed by atoms with van der Waals surface area (Å²) in [5.41, 5.74) is 0.734. The number of aryl methyl sites for hydroxylation is 1. The molecule has 168 valence electrons. The second-order valence-electron chi connectivity index (χ2n) is 7.03. The summed E-state index contributed by atoms with van der Waals surface area (Å²) >= 11 is 1.01. The molecule has 0 unspecified atom stereocenters. The molecule has 0 spiro atoms. The summed E-state index contributed by atoms with van der Waals surface area (Å²) in [6, 6.07) is 15.9. The molecular weight excluding hydrogens is 468 g/mol. The van der Waals surface area contributed by atoms with Gasteiger partial charge in [0.1, 0.15) is 21.5 Å². The van der Waals surface area contributed by atoms with Gasteiger partial charge in [-0.05, 0) is 48.9 Å². The van der Waals surface area contributed by atoms with Crippen LogP contribution in [-0.4, -0.2) is 19.3 Å². The molecule has 1 amide bonds. The van der Waals surface area contributed by atoms with Crippen LogP contribution in [0.15, 0.2) is 77.8 Å². The fourth-order valence-electron chi connectivity index (χ4n) is 3.04. The van der Waals surface area contributed by atoms with E-state index in [0.717, 1.165) is 17.4 Å². The molecule has 2 N–H and O–H groups in total. The summed E-state index contributed by atoms with van der Waals surface area (Å²) < 4.78 is 55.8. The van der Waals surface area contributed by atoms with Crippen LogP contribution in [0.1, 0.15) is 15.2 Å². The summed E-state index contributed by atoms with van der Waals surface area (Å²) in [7, 11) is -4.12. The van der Waals surface area contributed by atoms with E-state index in [0.29, 0.717) is 10.6 Å². The fraction of sp³-hybridized carbons (Fsp3) is 0.0435. The number of amides is 1. The zero-order chi connectivity index (χ0) is 23.6. The van der Waals surface area contributed by atoms with Gasteiger partial charge in [0.25, 0.3) is 15.9 Å². The lowest BCUT2D eigenvalue weighted by Crippen LogP contribution is -2.16. The normalized spacial score (nSPS) is 11.2. The zero-order valence-electron chi connectivity index (χ0n) is 17.2. The van der Waals surface area contributed by atoms with E-state index in [4.69, 9.17) is 0 Å². The highest BCUT2D eigenvalue weighted by Gasteiger charge is 2.20. The lowest BCUT2D eigenvalue weighted by Gasteiger charge is -2.13. The van der Waals surface area contributed by atoms with Gasteiger partial charge in [-0.2, -0.15) is 0 Å². The van der Waals surface area contributed by atoms with E-state index in [1.54, 1.807) is 31.2 Å². The molecule has 0 saturated heterocycles. The number of halogens is 2.